The Morgan fingerprint density at radius 2 is 1.92 bits per heavy atom. The van der Waals surface area contributed by atoms with Gasteiger partial charge < -0.3 is 15.7 Å². The third-order valence-corrected chi connectivity index (χ3v) is 1.63. The molecule has 0 aromatic heterocycles. The van der Waals surface area contributed by atoms with Crippen LogP contribution in [-0.4, -0.2) is 34.7 Å². The van der Waals surface area contributed by atoms with Gasteiger partial charge in [-0.3, -0.25) is 0 Å². The average molecular weight is 211 g/mol. The van der Waals surface area contributed by atoms with Gasteiger partial charge in [0.05, 0.1) is 0 Å². The van der Waals surface area contributed by atoms with Crippen molar-refractivity contribution in [2.75, 3.05) is 13.1 Å². The molecule has 0 atom stereocenters. The zero-order chi connectivity index (χ0) is 9.78. The molecule has 0 saturated carbocycles. The summed E-state index contributed by atoms with van der Waals surface area (Å²) in [5.74, 6) is 0. The van der Waals surface area contributed by atoms with Crippen LogP contribution in [0.15, 0.2) is 0 Å². The fourth-order valence-corrected chi connectivity index (χ4v) is 0.967. The van der Waals surface area contributed by atoms with Crippen molar-refractivity contribution in [1.82, 2.24) is 4.90 Å². The minimum absolute atomic E-state index is 0. The van der Waals surface area contributed by atoms with Crippen molar-refractivity contribution >= 4 is 18.5 Å². The monoisotopic (exact) mass is 210 g/mol. The fourth-order valence-electron chi connectivity index (χ4n) is 0.967. The van der Waals surface area contributed by atoms with Crippen molar-refractivity contribution < 1.29 is 9.90 Å². The Morgan fingerprint density at radius 1 is 1.46 bits per heavy atom. The second-order valence-corrected chi connectivity index (χ2v) is 3.75. The fraction of sp³-hybridized carbons (Fsp3) is 0.875. The SMILES string of the molecule is CC(C)(C)N(CCCN)C(=O)O.Cl. The number of carboxylic acid groups (broad SMARTS) is 1. The maximum Gasteiger partial charge on any atom is 0.407 e. The number of amides is 1. The highest BCUT2D eigenvalue weighted by molar-refractivity contribution is 5.85. The van der Waals surface area contributed by atoms with E-state index in [0.717, 1.165) is 0 Å². The smallest absolute Gasteiger partial charge is 0.407 e. The molecular weight excluding hydrogens is 192 g/mol. The highest BCUT2D eigenvalue weighted by Gasteiger charge is 2.24. The lowest BCUT2D eigenvalue weighted by atomic mass is 10.1. The Kier molecular flexibility index (Phi) is 6.98. The number of halogens is 1. The van der Waals surface area contributed by atoms with Gasteiger partial charge in [0.1, 0.15) is 0 Å². The molecule has 0 radical (unpaired) electrons. The highest BCUT2D eigenvalue weighted by atomic mass is 35.5. The Balaban J connectivity index is 0. The second kappa shape index (κ2) is 6.05. The predicted octanol–water partition coefficient (Wildman–Crippen LogP) is 1.54. The summed E-state index contributed by atoms with van der Waals surface area (Å²) in [7, 11) is 0. The molecular formula is C8H19ClN2O2. The van der Waals surface area contributed by atoms with Gasteiger partial charge in [-0.1, -0.05) is 0 Å². The third kappa shape index (κ3) is 5.71. The summed E-state index contributed by atoms with van der Waals surface area (Å²) in [5.41, 5.74) is 4.97. The predicted molar refractivity (Wildman–Crippen MR) is 55.4 cm³/mol. The van der Waals surface area contributed by atoms with E-state index in [-0.39, 0.29) is 17.9 Å². The summed E-state index contributed by atoms with van der Waals surface area (Å²) in [6, 6.07) is 0. The third-order valence-electron chi connectivity index (χ3n) is 1.63. The van der Waals surface area contributed by atoms with Gasteiger partial charge in [0.2, 0.25) is 0 Å². The van der Waals surface area contributed by atoms with Crippen LogP contribution in [0.3, 0.4) is 0 Å². The van der Waals surface area contributed by atoms with E-state index < -0.39 is 6.09 Å². The van der Waals surface area contributed by atoms with E-state index >= 15 is 0 Å². The van der Waals surface area contributed by atoms with Crippen LogP contribution in [-0.2, 0) is 0 Å². The molecule has 0 spiro atoms. The first kappa shape index (κ1) is 15.0. The lowest BCUT2D eigenvalue weighted by Crippen LogP contribution is -2.45. The van der Waals surface area contributed by atoms with Crippen molar-refractivity contribution in [3.63, 3.8) is 0 Å². The number of carbonyl (C=O) groups is 1. The summed E-state index contributed by atoms with van der Waals surface area (Å²) in [6.45, 7) is 6.65. The van der Waals surface area contributed by atoms with E-state index in [1.807, 2.05) is 20.8 Å². The summed E-state index contributed by atoms with van der Waals surface area (Å²) >= 11 is 0. The van der Waals surface area contributed by atoms with Gasteiger partial charge in [0.25, 0.3) is 0 Å². The Hall–Kier alpha value is -0.480. The number of nitrogens with two attached hydrogens (primary N) is 1. The topological polar surface area (TPSA) is 66.6 Å². The molecule has 5 heteroatoms. The molecule has 0 aliphatic rings. The zero-order valence-corrected chi connectivity index (χ0v) is 9.23. The summed E-state index contributed by atoms with van der Waals surface area (Å²) < 4.78 is 0. The maximum absolute atomic E-state index is 10.7. The van der Waals surface area contributed by atoms with Crippen molar-refractivity contribution in [3.8, 4) is 0 Å². The summed E-state index contributed by atoms with van der Waals surface area (Å²) in [6.07, 6.45) is -0.167. The number of hydrogen-bond donors (Lipinski definition) is 2. The molecule has 0 aliphatic carbocycles. The van der Waals surface area contributed by atoms with Crippen LogP contribution in [0.2, 0.25) is 0 Å². The molecule has 0 aromatic rings. The van der Waals surface area contributed by atoms with Crippen LogP contribution in [0.4, 0.5) is 4.79 Å². The molecule has 4 nitrogen and oxygen atoms in total. The maximum atomic E-state index is 10.7. The Bertz CT molecular complexity index is 157. The first-order valence-electron chi connectivity index (χ1n) is 4.10. The largest absolute Gasteiger partial charge is 0.465 e. The number of rotatable bonds is 3. The normalized spacial score (nSPS) is 10.5. The first-order valence-corrected chi connectivity index (χ1v) is 4.10. The van der Waals surface area contributed by atoms with Gasteiger partial charge in [0, 0.05) is 12.1 Å². The van der Waals surface area contributed by atoms with Crippen molar-refractivity contribution in [2.24, 2.45) is 5.73 Å². The van der Waals surface area contributed by atoms with Crippen LogP contribution < -0.4 is 5.73 Å². The molecule has 0 unspecified atom stereocenters. The number of hydrogen-bond acceptors (Lipinski definition) is 2. The van der Waals surface area contributed by atoms with Gasteiger partial charge >= 0.3 is 6.09 Å². The van der Waals surface area contributed by atoms with Gasteiger partial charge in [-0.2, -0.15) is 0 Å². The van der Waals surface area contributed by atoms with E-state index in [1.165, 1.54) is 4.90 Å². The number of nitrogens with zero attached hydrogens (tertiary/aromatic N) is 1. The van der Waals surface area contributed by atoms with E-state index in [2.05, 4.69) is 0 Å². The van der Waals surface area contributed by atoms with Crippen LogP contribution in [0.25, 0.3) is 0 Å². The Morgan fingerprint density at radius 3 is 2.15 bits per heavy atom. The lowest BCUT2D eigenvalue weighted by molar-refractivity contribution is 0.1000. The zero-order valence-electron chi connectivity index (χ0n) is 8.41. The molecule has 0 rings (SSSR count). The molecule has 80 valence electrons. The molecule has 1 amide bonds. The molecule has 0 fully saturated rings. The van der Waals surface area contributed by atoms with Gasteiger partial charge in [-0.15, -0.1) is 12.4 Å². The molecule has 0 saturated heterocycles. The average Bonchev–Trinajstić information content (AvgIpc) is 1.84. The lowest BCUT2D eigenvalue weighted by Gasteiger charge is -2.33. The summed E-state index contributed by atoms with van der Waals surface area (Å²) in [5, 5.41) is 8.82. The van der Waals surface area contributed by atoms with E-state index in [0.29, 0.717) is 19.5 Å². The van der Waals surface area contributed by atoms with Crippen LogP contribution in [0.5, 0.6) is 0 Å². The van der Waals surface area contributed by atoms with Crippen LogP contribution >= 0.6 is 12.4 Å². The second-order valence-electron chi connectivity index (χ2n) is 3.75. The Labute approximate surface area is 85.5 Å². The molecule has 0 aromatic carbocycles. The quantitative estimate of drug-likeness (QED) is 0.743. The molecule has 0 heterocycles. The highest BCUT2D eigenvalue weighted by Crippen LogP contribution is 2.13. The van der Waals surface area contributed by atoms with Crippen molar-refractivity contribution in [3.05, 3.63) is 0 Å². The molecule has 0 aliphatic heterocycles. The minimum Gasteiger partial charge on any atom is -0.465 e. The van der Waals surface area contributed by atoms with Crippen LogP contribution in [0.1, 0.15) is 27.2 Å². The minimum atomic E-state index is -0.879. The van der Waals surface area contributed by atoms with E-state index in [9.17, 15) is 4.79 Å². The summed E-state index contributed by atoms with van der Waals surface area (Å²) in [4.78, 5) is 12.1. The van der Waals surface area contributed by atoms with E-state index in [1.54, 1.807) is 0 Å². The van der Waals surface area contributed by atoms with Crippen molar-refractivity contribution in [2.45, 2.75) is 32.7 Å². The molecule has 13 heavy (non-hydrogen) atoms. The molecule has 3 N–H and O–H groups in total. The molecule has 0 bridgehead atoms. The van der Waals surface area contributed by atoms with Crippen molar-refractivity contribution in [1.29, 1.82) is 0 Å². The first-order chi connectivity index (χ1) is 5.39. The van der Waals surface area contributed by atoms with Gasteiger partial charge in [0.15, 0.2) is 0 Å². The van der Waals surface area contributed by atoms with Gasteiger partial charge in [-0.25, -0.2) is 4.79 Å². The van der Waals surface area contributed by atoms with E-state index in [4.69, 9.17) is 10.8 Å². The standard InChI is InChI=1S/C8H18N2O2.ClH/c1-8(2,3)10(7(11)12)6-4-5-9;/h4-6,9H2,1-3H3,(H,11,12);1H. The van der Waals surface area contributed by atoms with Gasteiger partial charge in [-0.05, 0) is 33.7 Å². The van der Waals surface area contributed by atoms with Crippen LogP contribution in [0, 0.1) is 0 Å².